The zero-order chi connectivity index (χ0) is 25.6. The lowest BCUT2D eigenvalue weighted by Crippen LogP contribution is -2.49. The number of nitriles is 1. The van der Waals surface area contributed by atoms with Gasteiger partial charge in [0, 0.05) is 22.2 Å². The third kappa shape index (κ3) is 3.47. The van der Waals surface area contributed by atoms with Crippen molar-refractivity contribution in [3.8, 4) is 11.8 Å². The average Bonchev–Trinajstić information content (AvgIpc) is 3.20. The highest BCUT2D eigenvalue weighted by atomic mass is 35.5. The topological polar surface area (TPSA) is 96.4 Å². The maximum atomic E-state index is 14.3. The molecule has 1 fully saturated rings. The first-order valence-corrected chi connectivity index (χ1v) is 11.9. The van der Waals surface area contributed by atoms with Crippen molar-refractivity contribution >= 4 is 35.1 Å². The molecule has 1 amide bonds. The number of benzene rings is 3. The Morgan fingerprint density at radius 2 is 1.86 bits per heavy atom. The van der Waals surface area contributed by atoms with Crippen LogP contribution in [-0.2, 0) is 4.79 Å². The first-order chi connectivity index (χ1) is 17.3. The number of amides is 1. The summed E-state index contributed by atoms with van der Waals surface area (Å²) in [4.78, 5) is 29.4. The van der Waals surface area contributed by atoms with Gasteiger partial charge in [-0.15, -0.1) is 0 Å². The van der Waals surface area contributed by atoms with E-state index in [1.807, 2.05) is 42.2 Å². The average molecular weight is 498 g/mol. The summed E-state index contributed by atoms with van der Waals surface area (Å²) < 4.78 is 5.35. The number of ether oxygens (including phenoxy) is 1. The summed E-state index contributed by atoms with van der Waals surface area (Å²) in [5.41, 5.74) is 8.10. The van der Waals surface area contributed by atoms with Gasteiger partial charge in [-0.3, -0.25) is 9.59 Å². The van der Waals surface area contributed by atoms with Crippen molar-refractivity contribution in [2.24, 2.45) is 11.1 Å². The van der Waals surface area contributed by atoms with Crippen molar-refractivity contribution < 1.29 is 14.3 Å². The molecule has 0 saturated carbocycles. The molecule has 0 spiro atoms. The minimum Gasteiger partial charge on any atom is -0.497 e. The summed E-state index contributed by atoms with van der Waals surface area (Å²) >= 11 is 6.16. The summed E-state index contributed by atoms with van der Waals surface area (Å²) in [5, 5.41) is 11.1. The van der Waals surface area contributed by atoms with Crippen molar-refractivity contribution in [2.45, 2.75) is 24.9 Å². The van der Waals surface area contributed by atoms with Crippen LogP contribution < -0.4 is 15.4 Å². The van der Waals surface area contributed by atoms with Crippen LogP contribution in [0.2, 0.25) is 5.02 Å². The molecule has 0 aromatic heterocycles. The van der Waals surface area contributed by atoms with Crippen LogP contribution in [0.3, 0.4) is 0 Å². The third-order valence-corrected chi connectivity index (χ3v) is 7.49. The molecule has 2 heterocycles. The van der Waals surface area contributed by atoms with Gasteiger partial charge in [-0.2, -0.15) is 5.26 Å². The predicted molar refractivity (Wildman–Crippen MR) is 139 cm³/mol. The van der Waals surface area contributed by atoms with E-state index in [1.54, 1.807) is 48.5 Å². The maximum absolute atomic E-state index is 14.3. The van der Waals surface area contributed by atoms with E-state index in [9.17, 15) is 14.9 Å². The van der Waals surface area contributed by atoms with Gasteiger partial charge in [-0.1, -0.05) is 59.6 Å². The molecule has 3 aromatic rings. The van der Waals surface area contributed by atoms with Crippen LogP contribution in [0.1, 0.15) is 33.0 Å². The fourth-order valence-corrected chi connectivity index (χ4v) is 5.72. The Hall–Kier alpha value is -4.08. The zero-order valence-electron chi connectivity index (χ0n) is 19.8. The SMILES string of the molecule is COc1cccc(C(=O)C2C(c3ccc(Cl)cc3)C(C#N)(C(N)=O)C3C=Cc4cc(C)ccc4N23)c1. The van der Waals surface area contributed by atoms with Crippen LogP contribution in [0.5, 0.6) is 5.75 Å². The predicted octanol–water partition coefficient (Wildman–Crippen LogP) is 4.90. The van der Waals surface area contributed by atoms with Gasteiger partial charge >= 0.3 is 0 Å². The number of aryl methyl sites for hydroxylation is 1. The quantitative estimate of drug-likeness (QED) is 0.505. The Kier molecular flexibility index (Phi) is 5.82. The maximum Gasteiger partial charge on any atom is 0.241 e. The van der Waals surface area contributed by atoms with E-state index in [0.29, 0.717) is 21.9 Å². The highest BCUT2D eigenvalue weighted by Gasteiger charge is 2.65. The number of fused-ring (bicyclic) bond motifs is 3. The number of carbonyl (C=O) groups is 2. The molecule has 0 aliphatic carbocycles. The number of nitrogens with zero attached hydrogens (tertiary/aromatic N) is 2. The first-order valence-electron chi connectivity index (χ1n) is 11.5. The highest BCUT2D eigenvalue weighted by molar-refractivity contribution is 6.30. The Labute approximate surface area is 214 Å². The smallest absolute Gasteiger partial charge is 0.241 e. The van der Waals surface area contributed by atoms with Crippen molar-refractivity contribution in [2.75, 3.05) is 12.0 Å². The van der Waals surface area contributed by atoms with Crippen molar-refractivity contribution in [3.05, 3.63) is 100 Å². The molecule has 7 heteroatoms. The summed E-state index contributed by atoms with van der Waals surface area (Å²) in [5.74, 6) is -1.33. The molecule has 36 heavy (non-hydrogen) atoms. The van der Waals surface area contributed by atoms with E-state index < -0.39 is 29.3 Å². The number of nitrogens with two attached hydrogens (primary N) is 1. The van der Waals surface area contributed by atoms with E-state index >= 15 is 0 Å². The third-order valence-electron chi connectivity index (χ3n) is 7.24. The largest absolute Gasteiger partial charge is 0.497 e. The fraction of sp³-hybridized carbons (Fsp3) is 0.207. The van der Waals surface area contributed by atoms with Crippen LogP contribution in [0.15, 0.2) is 72.8 Å². The molecular weight excluding hydrogens is 474 g/mol. The zero-order valence-corrected chi connectivity index (χ0v) is 20.6. The Bertz CT molecular complexity index is 1440. The molecule has 4 unspecified atom stereocenters. The lowest BCUT2D eigenvalue weighted by atomic mass is 9.67. The highest BCUT2D eigenvalue weighted by Crippen LogP contribution is 2.56. The van der Waals surface area contributed by atoms with Crippen molar-refractivity contribution in [1.29, 1.82) is 5.26 Å². The molecule has 0 bridgehead atoms. The molecule has 0 radical (unpaired) electrons. The van der Waals surface area contributed by atoms with Gasteiger partial charge in [-0.25, -0.2) is 0 Å². The van der Waals surface area contributed by atoms with Gasteiger partial charge in [0.2, 0.25) is 5.91 Å². The summed E-state index contributed by atoms with van der Waals surface area (Å²) in [6, 6.07) is 20.3. The summed E-state index contributed by atoms with van der Waals surface area (Å²) in [7, 11) is 1.54. The number of Topliss-reactive ketones (excluding diaryl/α,β-unsaturated/α-hetero) is 1. The molecule has 2 N–H and O–H groups in total. The van der Waals surface area contributed by atoms with Gasteiger partial charge in [0.05, 0.1) is 19.2 Å². The Balaban J connectivity index is 1.80. The number of hydrogen-bond donors (Lipinski definition) is 1. The second kappa shape index (κ2) is 8.85. The minimum atomic E-state index is -1.70. The number of ketones is 1. The second-order valence-electron chi connectivity index (χ2n) is 9.19. The number of halogens is 1. The van der Waals surface area contributed by atoms with Crippen LogP contribution in [-0.4, -0.2) is 30.9 Å². The van der Waals surface area contributed by atoms with Gasteiger partial charge in [-0.05, 0) is 54.4 Å². The van der Waals surface area contributed by atoms with Crippen molar-refractivity contribution in [3.63, 3.8) is 0 Å². The monoisotopic (exact) mass is 497 g/mol. The Morgan fingerprint density at radius 1 is 1.11 bits per heavy atom. The second-order valence-corrected chi connectivity index (χ2v) is 9.63. The lowest BCUT2D eigenvalue weighted by Gasteiger charge is -2.36. The van der Waals surface area contributed by atoms with Gasteiger partial charge < -0.3 is 15.4 Å². The molecule has 4 atom stereocenters. The van der Waals surface area contributed by atoms with E-state index in [0.717, 1.165) is 16.8 Å². The standard InChI is InChI=1S/C29H24ClN3O3/c1-17-6-12-23-19(14-17)9-13-24-29(16-31,28(32)35)25(18-7-10-21(30)11-8-18)26(33(23)24)27(34)20-4-3-5-22(15-20)36-2/h3-15,24-26H,1-2H3,(H2,32,35). The number of hydrogen-bond acceptors (Lipinski definition) is 5. The van der Waals surface area contributed by atoms with Gasteiger partial charge in [0.1, 0.15) is 11.8 Å². The fourth-order valence-electron chi connectivity index (χ4n) is 5.60. The van der Waals surface area contributed by atoms with Gasteiger partial charge in [0.25, 0.3) is 0 Å². The molecule has 6 nitrogen and oxygen atoms in total. The van der Waals surface area contributed by atoms with Crippen LogP contribution in [0, 0.1) is 23.7 Å². The minimum absolute atomic E-state index is 0.237. The molecule has 5 rings (SSSR count). The van der Waals surface area contributed by atoms with Crippen molar-refractivity contribution in [1.82, 2.24) is 0 Å². The van der Waals surface area contributed by atoms with Crippen LogP contribution >= 0.6 is 11.6 Å². The molecular formula is C29H24ClN3O3. The summed E-state index contributed by atoms with van der Waals surface area (Å²) in [6.07, 6.45) is 3.72. The lowest BCUT2D eigenvalue weighted by molar-refractivity contribution is -0.125. The molecule has 2 aliphatic rings. The molecule has 3 aromatic carbocycles. The first kappa shape index (κ1) is 23.7. The molecule has 2 aliphatic heterocycles. The number of primary amides is 1. The number of methoxy groups -OCH3 is 1. The summed E-state index contributed by atoms with van der Waals surface area (Å²) in [6.45, 7) is 1.99. The molecule has 1 saturated heterocycles. The number of rotatable bonds is 5. The Morgan fingerprint density at radius 3 is 2.53 bits per heavy atom. The normalized spacial score (nSPS) is 23.9. The van der Waals surface area contributed by atoms with E-state index in [1.165, 1.54) is 7.11 Å². The van der Waals surface area contributed by atoms with Gasteiger partial charge in [0.15, 0.2) is 11.2 Å². The van der Waals surface area contributed by atoms with E-state index in [-0.39, 0.29) is 5.78 Å². The number of carbonyl (C=O) groups excluding carboxylic acids is 2. The van der Waals surface area contributed by atoms with E-state index in [4.69, 9.17) is 22.1 Å². The molecule has 180 valence electrons. The number of anilines is 1. The van der Waals surface area contributed by atoms with E-state index in [2.05, 4.69) is 6.07 Å². The van der Waals surface area contributed by atoms with Crippen LogP contribution in [0.4, 0.5) is 5.69 Å². The van der Waals surface area contributed by atoms with Crippen LogP contribution in [0.25, 0.3) is 6.08 Å².